The largest absolute Gasteiger partial charge is 0.859 e. The van der Waals surface area contributed by atoms with Gasteiger partial charge in [-0.15, -0.1) is 0 Å². The predicted molar refractivity (Wildman–Crippen MR) is 510 cm³/mol. The van der Waals surface area contributed by atoms with Gasteiger partial charge in [-0.05, 0) is 180 Å². The highest BCUT2D eigenvalue weighted by molar-refractivity contribution is 7.98. The third-order valence-electron chi connectivity index (χ3n) is 26.3. The number of hydrogen-bond donors (Lipinski definition) is 1. The number of hydrogen-bond acceptors (Lipinski definition) is 19. The smallest absolute Gasteiger partial charge is 0.351 e. The Bertz CT molecular complexity index is 6090. The van der Waals surface area contributed by atoms with E-state index in [0.717, 1.165) is 84.9 Å². The summed E-state index contributed by atoms with van der Waals surface area (Å²) < 4.78 is 101. The highest BCUT2D eigenvalue weighted by Gasteiger charge is 2.60. The fourth-order valence-electron chi connectivity index (χ4n) is 18.7. The molecule has 5 aromatic carbocycles. The van der Waals surface area contributed by atoms with Crippen molar-refractivity contribution in [3.63, 3.8) is 0 Å². The summed E-state index contributed by atoms with van der Waals surface area (Å²) in [5, 5.41) is 24.4. The molecule has 0 bridgehead atoms. The molecular formula is C101H127N9O17S3. The lowest BCUT2D eigenvalue weighted by Gasteiger charge is -2.29. The summed E-state index contributed by atoms with van der Waals surface area (Å²) in [6, 6.07) is 40.9. The number of sulfone groups is 2. The molecule has 15 rings (SSSR count). The molecule has 2 saturated carbocycles. The minimum atomic E-state index is -4.27. The number of fused-ring (bicyclic) bond motifs is 4. The number of carbonyl (C=O) groups excluding carboxylic acids is 2. The van der Waals surface area contributed by atoms with Gasteiger partial charge in [0.1, 0.15) is 23.2 Å². The van der Waals surface area contributed by atoms with E-state index in [1.54, 1.807) is 17.0 Å². The first-order valence-corrected chi connectivity index (χ1v) is 49.2. The minimum absolute atomic E-state index is 0.0174. The quantitative estimate of drug-likeness (QED) is 0.0309. The highest BCUT2D eigenvalue weighted by Crippen LogP contribution is 2.51. The zero-order valence-corrected chi connectivity index (χ0v) is 81.2. The molecule has 0 atom stereocenters. The molecule has 2 aromatic heterocycles. The van der Waals surface area contributed by atoms with Gasteiger partial charge >= 0.3 is 23.3 Å². The third kappa shape index (κ3) is 19.5. The molecule has 4 fully saturated rings. The number of benzene rings is 5. The van der Waals surface area contributed by atoms with Crippen LogP contribution in [0.3, 0.4) is 0 Å². The molecule has 2 aliphatic carbocycles. The molecule has 6 aliphatic heterocycles. The minimum Gasteiger partial charge on any atom is -0.859 e. The first-order valence-electron chi connectivity index (χ1n) is 44.8. The summed E-state index contributed by atoms with van der Waals surface area (Å²) in [5.41, 5.74) is 12.7. The first-order chi connectivity index (χ1) is 61.3. The van der Waals surface area contributed by atoms with Crippen LogP contribution in [0.25, 0.3) is 12.2 Å². The van der Waals surface area contributed by atoms with E-state index in [2.05, 4.69) is 281 Å². The molecule has 8 aliphatic rings. The van der Waals surface area contributed by atoms with Crippen molar-refractivity contribution in [2.75, 3.05) is 55.6 Å². The van der Waals surface area contributed by atoms with E-state index in [4.69, 9.17) is 9.47 Å². The van der Waals surface area contributed by atoms with Crippen LogP contribution in [0.15, 0.2) is 227 Å². The Morgan fingerprint density at radius 2 is 0.769 bits per heavy atom. The van der Waals surface area contributed by atoms with E-state index in [1.807, 2.05) is 6.92 Å². The van der Waals surface area contributed by atoms with Crippen LogP contribution in [0.1, 0.15) is 207 Å². The Labute approximate surface area is 765 Å². The highest BCUT2D eigenvalue weighted by atomic mass is 32.2. The molecule has 29 heteroatoms. The van der Waals surface area contributed by atoms with E-state index in [9.17, 15) is 68.8 Å². The second-order valence-corrected chi connectivity index (χ2v) is 41.3. The fourth-order valence-corrected chi connectivity index (χ4v) is 23.0. The summed E-state index contributed by atoms with van der Waals surface area (Å²) in [5.74, 6) is -4.07. The molecule has 130 heavy (non-hydrogen) atoms. The number of carbonyl (C=O) groups is 2. The van der Waals surface area contributed by atoms with Gasteiger partial charge < -0.3 is 48.1 Å². The van der Waals surface area contributed by atoms with Gasteiger partial charge in [0.15, 0.2) is 21.2 Å². The molecule has 696 valence electrons. The van der Waals surface area contributed by atoms with Crippen LogP contribution in [-0.4, -0.2) is 136 Å². The van der Waals surface area contributed by atoms with Crippen molar-refractivity contribution in [1.82, 2.24) is 18.3 Å². The monoisotopic (exact) mass is 1830 g/mol. The topological polar surface area (TPSA) is 329 Å². The lowest BCUT2D eigenvalue weighted by Crippen LogP contribution is -3.11. The van der Waals surface area contributed by atoms with Crippen LogP contribution in [0.2, 0.25) is 0 Å². The van der Waals surface area contributed by atoms with Gasteiger partial charge in [0.25, 0.3) is 11.1 Å². The Kier molecular flexibility index (Phi) is 31.4. The standard InChI is InChI=1S/2C29H35N2.2C15H18N2O7S.C7H8O3S.C6H15N/c2*1-7-30-24-18-14-12-16-22(24)28(3,4)26(30)20-10-9-11-21-27-29(5,6)23-17-13-15-19-25(23)31(27)8-2;2*1-16-11(18)9(12(19)17(2)14(16)21)8-10-13(20)24-15(25(10,22)23)6-4-3-5-7-15;1-6-2-4-7(5-3-6)11(8,9)10;1-4-7(5-2)6-3/h2*9-21H,7-8H2,1-6H3;2*8,18H,3-7H2,1-2H3;2-5H,1H3,(H,8,9,10);4-6H2,1-3H3/q2*+1;;;;/p-2/b;;2*10-8+;;. The molecule has 0 amide bonds. The predicted octanol–water partition coefficient (Wildman–Crippen LogP) is 12.9. The zero-order chi connectivity index (χ0) is 95.8. The number of allylic oxidation sites excluding steroid dienone is 12. The molecule has 8 heterocycles. The van der Waals surface area contributed by atoms with Gasteiger partial charge in [0.05, 0.1) is 46.5 Å². The summed E-state index contributed by atoms with van der Waals surface area (Å²) in [4.78, 5) is 74.0. The Balaban J connectivity index is 0.000000170. The number of likely N-dealkylation sites (N-methyl/N-ethyl adjacent to an activating group) is 2. The molecule has 0 unspecified atom stereocenters. The number of quaternary nitrogens is 1. The van der Waals surface area contributed by atoms with Crippen molar-refractivity contribution < 1.29 is 73.1 Å². The van der Waals surface area contributed by atoms with Crippen molar-refractivity contribution in [2.24, 2.45) is 28.2 Å². The number of nitrogens with zero attached hydrogens (tertiary/aromatic N) is 8. The number of rotatable bonds is 16. The van der Waals surface area contributed by atoms with Crippen molar-refractivity contribution in [2.45, 2.75) is 211 Å². The van der Waals surface area contributed by atoms with Crippen LogP contribution >= 0.6 is 0 Å². The van der Waals surface area contributed by atoms with Gasteiger partial charge in [0, 0.05) is 136 Å². The van der Waals surface area contributed by atoms with Crippen LogP contribution < -0.4 is 47.4 Å². The van der Waals surface area contributed by atoms with Crippen molar-refractivity contribution >= 4 is 88.1 Å². The number of nitrogens with one attached hydrogen (secondary N) is 1. The molecule has 2 spiro atoms. The van der Waals surface area contributed by atoms with Crippen LogP contribution in [0, 0.1) is 6.92 Å². The normalized spacial score (nSPS) is 20.1. The fraction of sp³-hybridized carbons (Fsp3) is 0.426. The average molecular weight is 1840 g/mol. The van der Waals surface area contributed by atoms with Gasteiger partial charge in [-0.25, -0.2) is 44.4 Å². The number of aryl methyl sites for hydroxylation is 1. The molecule has 2 saturated heterocycles. The SMILES string of the molecule is CCN1C(=CC=CC=CC2=[N+](CC)c3ccccc3C2(C)C)C(C)(C)c2ccccc21.CCN1C(=CC=CC=CC2=[N+](CC)c3ccccc3C2(C)C)C(C)(C)c2ccccc21.CC[NH+](CC)CC.Cc1ccc(S(=O)(=O)[O-])cc1.Cn1c([O-])c(/C=C2\C(=O)OC3(CCCCC3)S2(=O)=O)c(=O)n(C)c1=O.Cn1c([O-])c(/C=C2\C(=O)OC3(CCCCC3)S2(=O)=O)c(=O)n(C)c1=O. The van der Waals surface area contributed by atoms with Gasteiger partial charge in [-0.2, -0.15) is 9.15 Å². The summed E-state index contributed by atoms with van der Waals surface area (Å²) in [7, 11) is -7.92. The number of ether oxygens (including phenoxy) is 2. The third-order valence-corrected chi connectivity index (χ3v) is 31.8. The maximum Gasteiger partial charge on any atom is 0.351 e. The van der Waals surface area contributed by atoms with E-state index in [-0.39, 0.29) is 52.2 Å². The van der Waals surface area contributed by atoms with Crippen molar-refractivity contribution in [3.8, 4) is 11.8 Å². The lowest BCUT2D eigenvalue weighted by molar-refractivity contribution is -0.894. The van der Waals surface area contributed by atoms with Gasteiger partial charge in [-0.3, -0.25) is 18.7 Å². The average Bonchev–Trinajstić information content (AvgIpc) is 1.56. The second-order valence-electron chi connectivity index (χ2n) is 35.6. The molecule has 0 radical (unpaired) electrons. The lowest BCUT2D eigenvalue weighted by atomic mass is 9.81. The molecule has 7 aromatic rings. The van der Waals surface area contributed by atoms with Crippen LogP contribution in [0.5, 0.6) is 11.8 Å². The maximum absolute atomic E-state index is 12.9. The van der Waals surface area contributed by atoms with E-state index >= 15 is 0 Å². The molecule has 26 nitrogen and oxygen atoms in total. The zero-order valence-electron chi connectivity index (χ0n) is 78.7. The van der Waals surface area contributed by atoms with Crippen molar-refractivity contribution in [1.29, 1.82) is 0 Å². The Morgan fingerprint density at radius 3 is 1.08 bits per heavy atom. The maximum atomic E-state index is 12.9. The number of esters is 2. The number of aromatic nitrogens is 4. The van der Waals surface area contributed by atoms with E-state index < -0.39 is 107 Å². The summed E-state index contributed by atoms with van der Waals surface area (Å²) in [6.07, 6.45) is 28.6. The second kappa shape index (κ2) is 40.6. The van der Waals surface area contributed by atoms with Crippen LogP contribution in [0.4, 0.5) is 22.7 Å². The number of para-hydroxylation sites is 4. The first kappa shape index (κ1) is 101. The van der Waals surface area contributed by atoms with Gasteiger partial charge in [0.2, 0.25) is 40.9 Å². The van der Waals surface area contributed by atoms with E-state index in [1.165, 1.54) is 99.6 Å². The van der Waals surface area contributed by atoms with Crippen LogP contribution in [-0.2, 0) is 98.7 Å². The van der Waals surface area contributed by atoms with E-state index in [0.29, 0.717) is 44.0 Å². The number of anilines is 2. The van der Waals surface area contributed by atoms with Gasteiger partial charge in [-0.1, -0.05) is 167 Å². The molecular weight excluding hydrogens is 1710 g/mol. The summed E-state index contributed by atoms with van der Waals surface area (Å²) in [6.45, 7) is 43.7. The Hall–Kier alpha value is -11.4. The van der Waals surface area contributed by atoms with Crippen molar-refractivity contribution in [3.05, 3.63) is 284 Å². The summed E-state index contributed by atoms with van der Waals surface area (Å²) >= 11 is 0. The Morgan fingerprint density at radius 1 is 0.438 bits per heavy atom. The molecule has 1 N–H and O–H groups in total.